The molecule has 0 unspecified atom stereocenters. The number of ketones is 1. The minimum Gasteiger partial charge on any atom is -0.504 e. The fourth-order valence-corrected chi connectivity index (χ4v) is 0.564. The predicted octanol–water partition coefficient (Wildman–Crippen LogP) is 0.957. The first-order valence-electron chi connectivity index (χ1n) is 2.28. The highest BCUT2D eigenvalue weighted by atomic mass is 16.3. The van der Waals surface area contributed by atoms with Gasteiger partial charge in [0.15, 0.2) is 5.76 Å². The highest BCUT2D eigenvalue weighted by molar-refractivity contribution is 6.17. The molecule has 1 aliphatic rings. The van der Waals surface area contributed by atoms with Crippen molar-refractivity contribution in [2.75, 3.05) is 0 Å². The van der Waals surface area contributed by atoms with Crippen molar-refractivity contribution in [3.8, 4) is 0 Å². The fraction of sp³-hybridized carbons (Fsp3) is 0.167. The summed E-state index contributed by atoms with van der Waals surface area (Å²) in [6, 6.07) is 0. The van der Waals surface area contributed by atoms with Crippen molar-refractivity contribution < 1.29 is 9.90 Å². The Morgan fingerprint density at radius 1 is 1.62 bits per heavy atom. The van der Waals surface area contributed by atoms with E-state index in [2.05, 4.69) is 6.58 Å². The molecule has 0 spiro atoms. The van der Waals surface area contributed by atoms with E-state index in [4.69, 9.17) is 5.11 Å². The molecule has 2 nitrogen and oxygen atoms in total. The van der Waals surface area contributed by atoms with Gasteiger partial charge in [0.25, 0.3) is 0 Å². The number of carbonyl (C=O) groups is 1. The smallest absolute Gasteiger partial charge is 0.227 e. The molecule has 0 atom stereocenters. The second-order valence-corrected chi connectivity index (χ2v) is 1.78. The summed E-state index contributed by atoms with van der Waals surface area (Å²) in [5, 5.41) is 8.62. The van der Waals surface area contributed by atoms with Crippen molar-refractivity contribution in [1.29, 1.82) is 0 Å². The van der Waals surface area contributed by atoms with Crippen LogP contribution in [0.4, 0.5) is 0 Å². The number of rotatable bonds is 0. The monoisotopic (exact) mass is 110 g/mol. The molecule has 0 saturated heterocycles. The standard InChI is InChI=1S/C6H6O2/c1-3-4(2)6(8)5(3)7/h8H,1H2,2H3. The molecule has 2 heteroatoms. The van der Waals surface area contributed by atoms with Crippen LogP contribution >= 0.6 is 0 Å². The number of hydrogen-bond donors (Lipinski definition) is 1. The Bertz CT molecular complexity index is 177. The van der Waals surface area contributed by atoms with Crippen molar-refractivity contribution in [3.63, 3.8) is 0 Å². The van der Waals surface area contributed by atoms with Crippen molar-refractivity contribution in [1.82, 2.24) is 0 Å². The van der Waals surface area contributed by atoms with Gasteiger partial charge in [-0.2, -0.15) is 0 Å². The lowest BCUT2D eigenvalue weighted by molar-refractivity contribution is -0.115. The zero-order valence-corrected chi connectivity index (χ0v) is 4.56. The second-order valence-electron chi connectivity index (χ2n) is 1.78. The Balaban J connectivity index is 3.08. The molecule has 42 valence electrons. The van der Waals surface area contributed by atoms with Gasteiger partial charge in [0.1, 0.15) is 0 Å². The van der Waals surface area contributed by atoms with Crippen molar-refractivity contribution in [2.24, 2.45) is 0 Å². The van der Waals surface area contributed by atoms with E-state index in [0.717, 1.165) is 0 Å². The van der Waals surface area contributed by atoms with E-state index in [1.54, 1.807) is 6.92 Å². The molecular weight excluding hydrogens is 104 g/mol. The van der Waals surface area contributed by atoms with E-state index in [0.29, 0.717) is 11.1 Å². The minimum absolute atomic E-state index is 0.130. The summed E-state index contributed by atoms with van der Waals surface area (Å²) in [4.78, 5) is 10.4. The molecule has 0 aromatic rings. The van der Waals surface area contributed by atoms with Gasteiger partial charge in [0.2, 0.25) is 5.78 Å². The lowest BCUT2D eigenvalue weighted by Gasteiger charge is -2.15. The van der Waals surface area contributed by atoms with E-state index in [1.807, 2.05) is 0 Å². The number of hydrogen-bond acceptors (Lipinski definition) is 2. The Kier molecular flexibility index (Phi) is 0.774. The third kappa shape index (κ3) is 0.346. The Labute approximate surface area is 47.1 Å². The molecule has 0 fully saturated rings. The van der Waals surface area contributed by atoms with Crippen LogP contribution in [0.5, 0.6) is 0 Å². The number of allylic oxidation sites excluding steroid dienone is 2. The SMILES string of the molecule is C=C1C(=O)C(O)=C1C. The zero-order chi connectivity index (χ0) is 6.31. The molecule has 0 bridgehead atoms. The normalized spacial score (nSPS) is 19.1. The first kappa shape index (κ1) is 5.09. The molecular formula is C6H6O2. The summed E-state index contributed by atoms with van der Waals surface area (Å²) in [7, 11) is 0. The van der Waals surface area contributed by atoms with Crippen LogP contribution in [-0.2, 0) is 4.79 Å². The molecule has 1 aliphatic carbocycles. The predicted molar refractivity (Wildman–Crippen MR) is 29.5 cm³/mol. The molecule has 0 amide bonds. The minimum atomic E-state index is -0.317. The average molecular weight is 110 g/mol. The van der Waals surface area contributed by atoms with Gasteiger partial charge in [-0.05, 0) is 6.92 Å². The van der Waals surface area contributed by atoms with Crippen molar-refractivity contribution >= 4 is 5.78 Å². The second kappa shape index (κ2) is 1.22. The molecule has 0 saturated carbocycles. The third-order valence-electron chi connectivity index (χ3n) is 1.30. The van der Waals surface area contributed by atoms with Crippen LogP contribution in [0.3, 0.4) is 0 Å². The zero-order valence-electron chi connectivity index (χ0n) is 4.56. The molecule has 0 aromatic heterocycles. The fourth-order valence-electron chi connectivity index (χ4n) is 0.564. The van der Waals surface area contributed by atoms with Gasteiger partial charge >= 0.3 is 0 Å². The van der Waals surface area contributed by atoms with Crippen molar-refractivity contribution in [2.45, 2.75) is 6.92 Å². The molecule has 8 heavy (non-hydrogen) atoms. The lowest BCUT2D eigenvalue weighted by atomic mass is 9.91. The molecule has 0 aromatic carbocycles. The van der Waals surface area contributed by atoms with Crippen LogP contribution in [-0.4, -0.2) is 10.9 Å². The summed E-state index contributed by atoms with van der Waals surface area (Å²) in [5.74, 6) is -0.447. The van der Waals surface area contributed by atoms with Crippen LogP contribution < -0.4 is 0 Å². The highest BCUT2D eigenvalue weighted by Crippen LogP contribution is 2.25. The largest absolute Gasteiger partial charge is 0.504 e. The summed E-state index contributed by atoms with van der Waals surface area (Å²) in [6.07, 6.45) is 0. The number of aliphatic hydroxyl groups excluding tert-OH is 1. The maximum Gasteiger partial charge on any atom is 0.227 e. The average Bonchev–Trinajstić information content (AvgIpc) is 1.83. The van der Waals surface area contributed by atoms with E-state index >= 15 is 0 Å². The van der Waals surface area contributed by atoms with Gasteiger partial charge in [-0.15, -0.1) is 0 Å². The van der Waals surface area contributed by atoms with Gasteiger partial charge in [0.05, 0.1) is 0 Å². The molecule has 1 N–H and O–H groups in total. The van der Waals surface area contributed by atoms with E-state index in [1.165, 1.54) is 0 Å². The molecule has 0 aliphatic heterocycles. The van der Waals surface area contributed by atoms with E-state index < -0.39 is 0 Å². The van der Waals surface area contributed by atoms with E-state index in [-0.39, 0.29) is 11.5 Å². The van der Waals surface area contributed by atoms with Crippen LogP contribution in [0.2, 0.25) is 0 Å². The first-order valence-corrected chi connectivity index (χ1v) is 2.28. The van der Waals surface area contributed by atoms with Gasteiger partial charge < -0.3 is 5.11 Å². The van der Waals surface area contributed by atoms with E-state index in [9.17, 15) is 4.79 Å². The summed E-state index contributed by atoms with van der Waals surface area (Å²) in [5.41, 5.74) is 1.05. The van der Waals surface area contributed by atoms with Crippen molar-refractivity contribution in [3.05, 3.63) is 23.5 Å². The van der Waals surface area contributed by atoms with Gasteiger partial charge in [0, 0.05) is 11.1 Å². The Morgan fingerprint density at radius 3 is 2.25 bits per heavy atom. The third-order valence-corrected chi connectivity index (χ3v) is 1.30. The lowest BCUT2D eigenvalue weighted by Crippen LogP contribution is -2.18. The summed E-state index contributed by atoms with van der Waals surface area (Å²) >= 11 is 0. The van der Waals surface area contributed by atoms with Gasteiger partial charge in [-0.1, -0.05) is 6.58 Å². The van der Waals surface area contributed by atoms with Gasteiger partial charge in [-0.25, -0.2) is 0 Å². The summed E-state index contributed by atoms with van der Waals surface area (Å²) < 4.78 is 0. The van der Waals surface area contributed by atoms with Gasteiger partial charge in [-0.3, -0.25) is 4.79 Å². The van der Waals surface area contributed by atoms with Crippen LogP contribution in [0.15, 0.2) is 23.5 Å². The topological polar surface area (TPSA) is 37.3 Å². The maximum absolute atomic E-state index is 10.4. The Morgan fingerprint density at radius 2 is 2.12 bits per heavy atom. The highest BCUT2D eigenvalue weighted by Gasteiger charge is 2.27. The molecule has 1 rings (SSSR count). The number of Topliss-reactive ketones (excluding diaryl/α,β-unsaturated/α-hetero) is 1. The molecule has 0 radical (unpaired) electrons. The summed E-state index contributed by atoms with van der Waals surface area (Å²) in [6.45, 7) is 5.07. The van der Waals surface area contributed by atoms with Crippen LogP contribution in [0.25, 0.3) is 0 Å². The quantitative estimate of drug-likeness (QED) is 0.471. The maximum atomic E-state index is 10.4. The first-order chi connectivity index (χ1) is 3.64. The van der Waals surface area contributed by atoms with Crippen LogP contribution in [0, 0.1) is 0 Å². The van der Waals surface area contributed by atoms with Crippen LogP contribution in [0.1, 0.15) is 6.92 Å². The number of aliphatic hydroxyl groups is 1. The molecule has 0 heterocycles. The Hall–Kier alpha value is -1.05. The number of carbonyl (C=O) groups excluding carboxylic acids is 1.